The lowest BCUT2D eigenvalue weighted by Gasteiger charge is -2.17. The first kappa shape index (κ1) is 11.4. The van der Waals surface area contributed by atoms with E-state index >= 15 is 0 Å². The normalized spacial score (nSPS) is 19.3. The van der Waals surface area contributed by atoms with Gasteiger partial charge in [-0.2, -0.15) is 0 Å². The Hall–Kier alpha value is -1.65. The van der Waals surface area contributed by atoms with Gasteiger partial charge in [0.1, 0.15) is 0 Å². The summed E-state index contributed by atoms with van der Waals surface area (Å²) in [7, 11) is 0. The van der Waals surface area contributed by atoms with Crippen molar-refractivity contribution in [2.24, 2.45) is 5.73 Å². The number of ether oxygens (including phenoxy) is 1. The molecule has 1 atom stereocenters. The van der Waals surface area contributed by atoms with Gasteiger partial charge in [-0.05, 0) is 24.0 Å². The molecule has 0 spiro atoms. The topological polar surface area (TPSA) is 61.3 Å². The smallest absolute Gasteiger partial charge is 0.167 e. The Morgan fingerprint density at radius 1 is 1.33 bits per heavy atom. The molecule has 0 unspecified atom stereocenters. The van der Waals surface area contributed by atoms with Crippen molar-refractivity contribution < 1.29 is 9.26 Å². The van der Waals surface area contributed by atoms with Crippen molar-refractivity contribution >= 4 is 0 Å². The fourth-order valence-corrected chi connectivity index (χ4v) is 2.53. The lowest BCUT2D eigenvalue weighted by Crippen LogP contribution is -2.16. The van der Waals surface area contributed by atoms with Gasteiger partial charge in [0.05, 0.1) is 12.3 Å². The monoisotopic (exact) mass is 244 g/mol. The lowest BCUT2D eigenvalue weighted by atomic mass is 9.93. The maximum absolute atomic E-state index is 5.80. The number of rotatable bonds is 2. The Kier molecular flexibility index (Phi) is 3.13. The van der Waals surface area contributed by atoms with E-state index in [4.69, 9.17) is 15.0 Å². The minimum absolute atomic E-state index is 0.00892. The molecule has 2 aromatic rings. The zero-order valence-corrected chi connectivity index (χ0v) is 10.1. The number of aromatic nitrogens is 1. The van der Waals surface area contributed by atoms with Crippen LogP contribution in [0, 0.1) is 0 Å². The molecule has 0 aliphatic carbocycles. The number of fused-ring (bicyclic) bond motifs is 1. The van der Waals surface area contributed by atoms with E-state index in [0.29, 0.717) is 6.54 Å². The van der Waals surface area contributed by atoms with Crippen LogP contribution in [0.4, 0.5) is 0 Å². The van der Waals surface area contributed by atoms with Crippen LogP contribution in [0.5, 0.6) is 0 Å². The van der Waals surface area contributed by atoms with Crippen molar-refractivity contribution in [2.75, 3.05) is 13.2 Å². The molecule has 0 bridgehead atoms. The summed E-state index contributed by atoms with van der Waals surface area (Å²) in [5.74, 6) is 0.810. The average Bonchev–Trinajstić information content (AvgIpc) is 2.85. The summed E-state index contributed by atoms with van der Waals surface area (Å²) in [5, 5.41) is 3.78. The zero-order chi connectivity index (χ0) is 12.4. The highest BCUT2D eigenvalue weighted by Crippen LogP contribution is 2.33. The molecule has 4 nitrogen and oxygen atoms in total. The molecule has 18 heavy (non-hydrogen) atoms. The van der Waals surface area contributed by atoms with E-state index < -0.39 is 0 Å². The Morgan fingerprint density at radius 3 is 3.06 bits per heavy atom. The third-order valence-corrected chi connectivity index (χ3v) is 3.37. The molecule has 2 heterocycles. The molecule has 1 aromatic heterocycles. The van der Waals surface area contributed by atoms with E-state index in [2.05, 4.69) is 17.3 Å². The molecule has 94 valence electrons. The van der Waals surface area contributed by atoms with E-state index in [1.807, 2.05) is 12.1 Å². The highest BCUT2D eigenvalue weighted by Gasteiger charge is 2.21. The number of nitrogens with zero attached hydrogens (tertiary/aromatic N) is 1. The molecule has 1 aliphatic rings. The summed E-state index contributed by atoms with van der Waals surface area (Å²) in [4.78, 5) is 0. The molecular formula is C14H16N2O2. The van der Waals surface area contributed by atoms with Gasteiger partial charge in [-0.25, -0.2) is 0 Å². The maximum Gasteiger partial charge on any atom is 0.167 e. The highest BCUT2D eigenvalue weighted by molar-refractivity contribution is 5.64. The van der Waals surface area contributed by atoms with Gasteiger partial charge >= 0.3 is 0 Å². The third-order valence-electron chi connectivity index (χ3n) is 3.37. The molecule has 1 aliphatic heterocycles. The van der Waals surface area contributed by atoms with Crippen molar-refractivity contribution in [2.45, 2.75) is 18.9 Å². The average molecular weight is 244 g/mol. The van der Waals surface area contributed by atoms with Crippen LogP contribution in [0.2, 0.25) is 0 Å². The molecule has 2 N–H and O–H groups in total. The summed E-state index contributed by atoms with van der Waals surface area (Å²) in [6, 6.07) is 8.07. The van der Waals surface area contributed by atoms with Crippen LogP contribution in [0.1, 0.15) is 23.7 Å². The van der Waals surface area contributed by atoms with Gasteiger partial charge in [-0.3, -0.25) is 0 Å². The van der Waals surface area contributed by atoms with Crippen LogP contribution in [0.15, 0.2) is 35.0 Å². The number of hydrogen-bond donors (Lipinski definition) is 1. The minimum atomic E-state index is -0.00892. The summed E-state index contributed by atoms with van der Waals surface area (Å²) in [6.45, 7) is 1.26. The van der Waals surface area contributed by atoms with E-state index in [-0.39, 0.29) is 6.10 Å². The van der Waals surface area contributed by atoms with Gasteiger partial charge in [0.15, 0.2) is 5.76 Å². The third kappa shape index (κ3) is 1.94. The molecule has 3 rings (SSSR count). The molecule has 0 amide bonds. The summed E-state index contributed by atoms with van der Waals surface area (Å²) in [6.07, 6.45) is 3.66. The number of nitrogens with two attached hydrogens (primary N) is 1. The van der Waals surface area contributed by atoms with Crippen LogP contribution < -0.4 is 5.73 Å². The fraction of sp³-hybridized carbons (Fsp3) is 0.357. The van der Waals surface area contributed by atoms with Gasteiger partial charge in [-0.15, -0.1) is 0 Å². The Balaban J connectivity index is 2.12. The van der Waals surface area contributed by atoms with Gasteiger partial charge in [0.2, 0.25) is 0 Å². The van der Waals surface area contributed by atoms with Crippen LogP contribution in [0.3, 0.4) is 0 Å². The second-order valence-corrected chi connectivity index (χ2v) is 4.45. The Morgan fingerprint density at radius 2 is 2.28 bits per heavy atom. The van der Waals surface area contributed by atoms with Gasteiger partial charge in [-0.1, -0.05) is 23.4 Å². The molecule has 1 aromatic carbocycles. The summed E-state index contributed by atoms with van der Waals surface area (Å²) >= 11 is 0. The second kappa shape index (κ2) is 4.92. The first-order chi connectivity index (χ1) is 8.90. The summed E-state index contributed by atoms with van der Waals surface area (Å²) < 4.78 is 11.1. The van der Waals surface area contributed by atoms with Crippen molar-refractivity contribution in [1.82, 2.24) is 5.16 Å². The molecule has 0 saturated heterocycles. The predicted octanol–water partition coefficient (Wildman–Crippen LogP) is 2.30. The minimum Gasteiger partial charge on any atom is -0.372 e. The van der Waals surface area contributed by atoms with Crippen molar-refractivity contribution in [3.05, 3.63) is 41.6 Å². The van der Waals surface area contributed by atoms with Crippen molar-refractivity contribution in [1.29, 1.82) is 0 Å². The quantitative estimate of drug-likeness (QED) is 0.880. The van der Waals surface area contributed by atoms with E-state index in [1.54, 1.807) is 6.20 Å². The fourth-order valence-electron chi connectivity index (χ4n) is 2.53. The molecule has 0 radical (unpaired) electrons. The second-order valence-electron chi connectivity index (χ2n) is 4.45. The lowest BCUT2D eigenvalue weighted by molar-refractivity contribution is 0.0627. The van der Waals surface area contributed by atoms with Gasteiger partial charge in [0, 0.05) is 24.8 Å². The maximum atomic E-state index is 5.80. The van der Waals surface area contributed by atoms with E-state index in [0.717, 1.165) is 30.8 Å². The largest absolute Gasteiger partial charge is 0.372 e. The van der Waals surface area contributed by atoms with E-state index in [9.17, 15) is 0 Å². The van der Waals surface area contributed by atoms with Crippen LogP contribution in [-0.4, -0.2) is 18.3 Å². The molecule has 4 heteroatoms. The zero-order valence-electron chi connectivity index (χ0n) is 10.1. The molecular weight excluding hydrogens is 228 g/mol. The van der Waals surface area contributed by atoms with Crippen molar-refractivity contribution in [3.63, 3.8) is 0 Å². The number of hydrogen-bond acceptors (Lipinski definition) is 4. The van der Waals surface area contributed by atoms with Crippen LogP contribution in [0.25, 0.3) is 11.3 Å². The Bertz CT molecular complexity index is 523. The highest BCUT2D eigenvalue weighted by atomic mass is 16.5. The molecule has 0 fully saturated rings. The van der Waals surface area contributed by atoms with Gasteiger partial charge < -0.3 is 15.0 Å². The standard InChI is InChI=1S/C14H16N2O2/c15-9-14-12-4-1-3-11(13-6-7-16-18-13)10(12)5-2-8-17-14/h1,3-4,6-7,14H,2,5,8-9,15H2/t14-/m0/s1. The van der Waals surface area contributed by atoms with Crippen molar-refractivity contribution in [3.8, 4) is 11.3 Å². The first-order valence-electron chi connectivity index (χ1n) is 6.24. The Labute approximate surface area is 106 Å². The molecule has 0 saturated carbocycles. The SMILES string of the molecule is NC[C@@H]1OCCCc2c(-c3ccno3)cccc21. The predicted molar refractivity (Wildman–Crippen MR) is 68.0 cm³/mol. The van der Waals surface area contributed by atoms with Gasteiger partial charge in [0.25, 0.3) is 0 Å². The summed E-state index contributed by atoms with van der Waals surface area (Å²) in [5.41, 5.74) is 9.36. The number of benzene rings is 1. The first-order valence-corrected chi connectivity index (χ1v) is 6.24. The van der Waals surface area contributed by atoms with Crippen LogP contribution in [-0.2, 0) is 11.2 Å². The van der Waals surface area contributed by atoms with Crippen LogP contribution >= 0.6 is 0 Å². The van der Waals surface area contributed by atoms with E-state index in [1.165, 1.54) is 11.1 Å².